The highest BCUT2D eigenvalue weighted by Gasteiger charge is 2.43. The molecule has 0 aromatic heterocycles. The molecule has 0 bridgehead atoms. The molecule has 4 atom stereocenters. The molecule has 26 heavy (non-hydrogen) atoms. The molecular weight excluding hydrogens is 336 g/mol. The van der Waals surface area contributed by atoms with Gasteiger partial charge in [0.25, 0.3) is 0 Å². The molecule has 0 radical (unpaired) electrons. The van der Waals surface area contributed by atoms with Crippen LogP contribution >= 0.6 is 0 Å². The van der Waals surface area contributed by atoms with Gasteiger partial charge in [0.05, 0.1) is 26.9 Å². The lowest BCUT2D eigenvalue weighted by Crippen LogP contribution is -2.36. The molecule has 0 spiro atoms. The van der Waals surface area contributed by atoms with Crippen molar-refractivity contribution in [2.45, 2.75) is 37.8 Å². The van der Waals surface area contributed by atoms with E-state index >= 15 is 0 Å². The Bertz CT molecular complexity index is 660. The minimum atomic E-state index is -1.19. The van der Waals surface area contributed by atoms with Gasteiger partial charge in [-0.2, -0.15) is 0 Å². The number of rotatable bonds is 8. The second-order valence-corrected chi connectivity index (χ2v) is 6.18. The van der Waals surface area contributed by atoms with Crippen LogP contribution in [0.5, 0.6) is 5.75 Å². The van der Waals surface area contributed by atoms with Gasteiger partial charge in [0.1, 0.15) is 24.1 Å². The van der Waals surface area contributed by atoms with Crippen LogP contribution in [0.4, 0.5) is 0 Å². The van der Waals surface area contributed by atoms with Gasteiger partial charge in [-0.1, -0.05) is 42.5 Å². The Hall–Kier alpha value is -1.96. The second-order valence-electron chi connectivity index (χ2n) is 6.18. The van der Waals surface area contributed by atoms with Crippen molar-refractivity contribution < 1.29 is 29.2 Å². The number of hydrogen-bond donors (Lipinski definition) is 2. The molecule has 0 amide bonds. The van der Waals surface area contributed by atoms with Crippen LogP contribution in [-0.2, 0) is 27.4 Å². The SMILES string of the molecule is COc1ccc(CO[C@@H]2[C@H](O)[C@@H](COCc3ccccc3)O[C@@H]2O)cc1. The second kappa shape index (κ2) is 9.12. The van der Waals surface area contributed by atoms with Crippen molar-refractivity contribution in [1.82, 2.24) is 0 Å². The highest BCUT2D eigenvalue weighted by atomic mass is 16.7. The zero-order valence-electron chi connectivity index (χ0n) is 14.7. The lowest BCUT2D eigenvalue weighted by Gasteiger charge is -2.18. The fraction of sp³-hybridized carbons (Fsp3) is 0.400. The van der Waals surface area contributed by atoms with E-state index in [1.54, 1.807) is 7.11 Å². The Balaban J connectivity index is 1.46. The number of hydrogen-bond acceptors (Lipinski definition) is 6. The largest absolute Gasteiger partial charge is 0.497 e. The molecule has 0 saturated carbocycles. The van der Waals surface area contributed by atoms with E-state index in [9.17, 15) is 10.2 Å². The van der Waals surface area contributed by atoms with Gasteiger partial charge in [0.15, 0.2) is 6.29 Å². The Morgan fingerprint density at radius 2 is 1.62 bits per heavy atom. The van der Waals surface area contributed by atoms with E-state index < -0.39 is 24.6 Å². The first kappa shape index (κ1) is 18.8. The molecule has 1 aliphatic heterocycles. The van der Waals surface area contributed by atoms with E-state index in [4.69, 9.17) is 18.9 Å². The van der Waals surface area contributed by atoms with Crippen LogP contribution in [-0.4, -0.2) is 48.5 Å². The highest BCUT2D eigenvalue weighted by Crippen LogP contribution is 2.24. The smallest absolute Gasteiger partial charge is 0.184 e. The fourth-order valence-corrected chi connectivity index (χ4v) is 2.82. The van der Waals surface area contributed by atoms with Crippen molar-refractivity contribution in [3.05, 3.63) is 65.7 Å². The maximum absolute atomic E-state index is 10.4. The van der Waals surface area contributed by atoms with Crippen LogP contribution in [0.1, 0.15) is 11.1 Å². The van der Waals surface area contributed by atoms with Crippen LogP contribution in [0.25, 0.3) is 0 Å². The molecule has 3 rings (SSSR count). The van der Waals surface area contributed by atoms with Gasteiger partial charge in [-0.05, 0) is 23.3 Å². The summed E-state index contributed by atoms with van der Waals surface area (Å²) in [5.41, 5.74) is 1.95. The number of ether oxygens (including phenoxy) is 4. The van der Waals surface area contributed by atoms with Crippen LogP contribution in [0.15, 0.2) is 54.6 Å². The minimum Gasteiger partial charge on any atom is -0.497 e. The molecule has 140 valence electrons. The van der Waals surface area contributed by atoms with Gasteiger partial charge in [0, 0.05) is 0 Å². The van der Waals surface area contributed by atoms with Crippen molar-refractivity contribution in [2.75, 3.05) is 13.7 Å². The molecule has 2 aromatic rings. The third-order valence-electron chi connectivity index (χ3n) is 4.31. The van der Waals surface area contributed by atoms with E-state index in [0.29, 0.717) is 6.61 Å². The summed E-state index contributed by atoms with van der Waals surface area (Å²) < 4.78 is 21.7. The van der Waals surface area contributed by atoms with Gasteiger partial charge < -0.3 is 29.2 Å². The van der Waals surface area contributed by atoms with Crippen LogP contribution < -0.4 is 4.74 Å². The van der Waals surface area contributed by atoms with Gasteiger partial charge in [0.2, 0.25) is 0 Å². The van der Waals surface area contributed by atoms with E-state index in [1.807, 2.05) is 54.6 Å². The molecule has 1 fully saturated rings. The summed E-state index contributed by atoms with van der Waals surface area (Å²) in [5.74, 6) is 0.758. The summed E-state index contributed by atoms with van der Waals surface area (Å²) >= 11 is 0. The van der Waals surface area contributed by atoms with Gasteiger partial charge in [-0.25, -0.2) is 0 Å². The van der Waals surface area contributed by atoms with E-state index in [0.717, 1.165) is 16.9 Å². The predicted molar refractivity (Wildman–Crippen MR) is 94.6 cm³/mol. The highest BCUT2D eigenvalue weighted by molar-refractivity contribution is 5.26. The normalized spacial score (nSPS) is 25.3. The standard InChI is InChI=1S/C20H24O6/c1-23-16-9-7-15(8-10-16)12-25-19-18(21)17(26-20(19)22)13-24-11-14-5-3-2-4-6-14/h2-10,17-22H,11-13H2,1H3/t17-,18-,19-,20+/m1/s1. The molecule has 0 aliphatic carbocycles. The van der Waals surface area contributed by atoms with Crippen molar-refractivity contribution in [1.29, 1.82) is 0 Å². The Morgan fingerprint density at radius 1 is 0.923 bits per heavy atom. The number of benzene rings is 2. The summed E-state index contributed by atoms with van der Waals surface area (Å²) in [5, 5.41) is 20.4. The minimum absolute atomic E-state index is 0.176. The van der Waals surface area contributed by atoms with Crippen LogP contribution in [0, 0.1) is 0 Å². The molecule has 6 heteroatoms. The van der Waals surface area contributed by atoms with Crippen molar-refractivity contribution in [2.24, 2.45) is 0 Å². The summed E-state index contributed by atoms with van der Waals surface area (Å²) in [6, 6.07) is 17.1. The Morgan fingerprint density at radius 3 is 2.31 bits per heavy atom. The zero-order valence-corrected chi connectivity index (χ0v) is 14.7. The predicted octanol–water partition coefficient (Wildman–Crippen LogP) is 1.88. The van der Waals surface area contributed by atoms with E-state index in [2.05, 4.69) is 0 Å². The maximum Gasteiger partial charge on any atom is 0.184 e. The van der Waals surface area contributed by atoms with E-state index in [1.165, 1.54) is 0 Å². The summed E-state index contributed by atoms with van der Waals surface area (Å²) in [7, 11) is 1.61. The van der Waals surface area contributed by atoms with Gasteiger partial charge in [-0.15, -0.1) is 0 Å². The number of methoxy groups -OCH3 is 1. The maximum atomic E-state index is 10.4. The Kier molecular flexibility index (Phi) is 6.60. The first-order valence-corrected chi connectivity index (χ1v) is 8.55. The number of aliphatic hydroxyl groups excluding tert-OH is 2. The molecule has 1 saturated heterocycles. The lowest BCUT2D eigenvalue weighted by atomic mass is 10.1. The van der Waals surface area contributed by atoms with Gasteiger partial charge >= 0.3 is 0 Å². The van der Waals surface area contributed by atoms with Gasteiger partial charge in [-0.3, -0.25) is 0 Å². The zero-order chi connectivity index (χ0) is 18.4. The van der Waals surface area contributed by atoms with Crippen LogP contribution in [0.3, 0.4) is 0 Å². The molecular formula is C20H24O6. The average Bonchev–Trinajstić information content (AvgIpc) is 2.94. The third-order valence-corrected chi connectivity index (χ3v) is 4.31. The first-order chi connectivity index (χ1) is 12.7. The third kappa shape index (κ3) is 4.81. The number of aliphatic hydroxyl groups is 2. The Labute approximate surface area is 152 Å². The molecule has 1 heterocycles. The molecule has 0 unspecified atom stereocenters. The average molecular weight is 360 g/mol. The molecule has 1 aliphatic rings. The van der Waals surface area contributed by atoms with Crippen LogP contribution in [0.2, 0.25) is 0 Å². The quantitative estimate of drug-likeness (QED) is 0.748. The molecule has 6 nitrogen and oxygen atoms in total. The summed E-state index contributed by atoms with van der Waals surface area (Å²) in [6.07, 6.45) is -3.59. The summed E-state index contributed by atoms with van der Waals surface area (Å²) in [4.78, 5) is 0. The van der Waals surface area contributed by atoms with E-state index in [-0.39, 0.29) is 13.2 Å². The fourth-order valence-electron chi connectivity index (χ4n) is 2.82. The monoisotopic (exact) mass is 360 g/mol. The summed E-state index contributed by atoms with van der Waals surface area (Å²) in [6.45, 7) is 0.847. The van der Waals surface area contributed by atoms with Crippen molar-refractivity contribution in [3.63, 3.8) is 0 Å². The topological polar surface area (TPSA) is 77.4 Å². The lowest BCUT2D eigenvalue weighted by molar-refractivity contribution is -0.152. The molecule has 2 N–H and O–H groups in total. The van der Waals surface area contributed by atoms with Crippen molar-refractivity contribution in [3.8, 4) is 5.75 Å². The molecule has 2 aromatic carbocycles. The van der Waals surface area contributed by atoms with Crippen molar-refractivity contribution >= 4 is 0 Å². The first-order valence-electron chi connectivity index (χ1n) is 8.55.